The van der Waals surface area contributed by atoms with E-state index in [1.54, 1.807) is 14.2 Å². The third-order valence-electron chi connectivity index (χ3n) is 1.82. The monoisotopic (exact) mass is 152 g/mol. The second kappa shape index (κ2) is 8.61. The van der Waals surface area contributed by atoms with Gasteiger partial charge < -0.3 is 0 Å². The molecule has 0 unspecified atom stereocenters. The standard InChI is InChI=1S/C8H17O2.Li/c1-4-5-6-7-8(9-2)10-3;/h8H,1,4-7H2,2-3H3;. The van der Waals surface area contributed by atoms with Gasteiger partial charge in [0.25, 0.3) is 0 Å². The van der Waals surface area contributed by atoms with Crippen LogP contribution in [0.2, 0.25) is 5.09 Å². The van der Waals surface area contributed by atoms with Crippen molar-refractivity contribution in [1.82, 2.24) is 0 Å². The van der Waals surface area contributed by atoms with Gasteiger partial charge in [0.05, 0.1) is 0 Å². The summed E-state index contributed by atoms with van der Waals surface area (Å²) in [5.74, 6) is 0. The molecule has 0 atom stereocenters. The Morgan fingerprint density at radius 2 is 1.73 bits per heavy atom. The van der Waals surface area contributed by atoms with Gasteiger partial charge in [-0.1, -0.05) is 0 Å². The van der Waals surface area contributed by atoms with E-state index in [2.05, 4.69) is 17.7 Å². The Kier molecular flexibility index (Phi) is 9.02. The molecule has 0 saturated carbocycles. The van der Waals surface area contributed by atoms with Crippen LogP contribution < -0.4 is 0 Å². The number of hydrogen-bond donors (Lipinski definition) is 0. The fourth-order valence-corrected chi connectivity index (χ4v) is 1.07. The van der Waals surface area contributed by atoms with Gasteiger partial charge >= 0.3 is 78.5 Å². The Morgan fingerprint density at radius 1 is 1.09 bits per heavy atom. The van der Waals surface area contributed by atoms with Crippen LogP contribution in [-0.4, -0.2) is 38.2 Å². The van der Waals surface area contributed by atoms with Crippen LogP contribution in [0.3, 0.4) is 0 Å². The van der Waals surface area contributed by atoms with Crippen molar-refractivity contribution in [3.05, 3.63) is 0 Å². The quantitative estimate of drug-likeness (QED) is 0.314. The van der Waals surface area contributed by atoms with Crippen molar-refractivity contribution in [3.63, 3.8) is 0 Å². The van der Waals surface area contributed by atoms with Gasteiger partial charge in [-0.05, 0) is 0 Å². The van der Waals surface area contributed by atoms with Gasteiger partial charge in [-0.2, -0.15) is 0 Å². The second-order valence-corrected chi connectivity index (χ2v) is 2.75. The first-order chi connectivity index (χ1) is 5.35. The Hall–Kier alpha value is 0.517. The zero-order valence-electron chi connectivity index (χ0n) is 7.93. The third-order valence-corrected chi connectivity index (χ3v) is 1.82. The third kappa shape index (κ3) is 6.90. The van der Waals surface area contributed by atoms with E-state index in [9.17, 15) is 0 Å². The van der Waals surface area contributed by atoms with Crippen molar-refractivity contribution in [2.24, 2.45) is 0 Å². The Balaban J connectivity index is 3.07. The van der Waals surface area contributed by atoms with E-state index in [1.165, 1.54) is 24.4 Å². The van der Waals surface area contributed by atoms with Gasteiger partial charge in [-0.15, -0.1) is 0 Å². The Morgan fingerprint density at radius 3 is 2.18 bits per heavy atom. The Bertz CT molecular complexity index is 74.5. The van der Waals surface area contributed by atoms with Crippen molar-refractivity contribution < 1.29 is 9.47 Å². The molecule has 0 heterocycles. The van der Waals surface area contributed by atoms with Crippen molar-refractivity contribution in [3.8, 4) is 0 Å². The predicted molar refractivity (Wildman–Crippen MR) is 46.8 cm³/mol. The summed E-state index contributed by atoms with van der Waals surface area (Å²) < 4.78 is 10.1. The molecular weight excluding hydrogens is 135 g/mol. The minimum absolute atomic E-state index is 0.00635. The average molecular weight is 152 g/mol. The molecule has 0 N–H and O–H groups in total. The molecule has 0 aliphatic rings. The second-order valence-electron chi connectivity index (χ2n) is 2.75. The van der Waals surface area contributed by atoms with Crippen LogP contribution in [0.25, 0.3) is 0 Å². The number of methoxy groups -OCH3 is 2. The molecule has 0 saturated heterocycles. The molecule has 0 radical (unpaired) electrons. The van der Waals surface area contributed by atoms with Crippen molar-refractivity contribution in [1.29, 1.82) is 0 Å². The van der Waals surface area contributed by atoms with Crippen LogP contribution >= 0.6 is 0 Å². The van der Waals surface area contributed by atoms with Crippen molar-refractivity contribution >= 4 is 17.7 Å². The van der Waals surface area contributed by atoms with E-state index in [0.717, 1.165) is 6.42 Å². The van der Waals surface area contributed by atoms with Crippen LogP contribution in [0.15, 0.2) is 0 Å². The van der Waals surface area contributed by atoms with Crippen LogP contribution in [0.4, 0.5) is 0 Å². The molecule has 2 nitrogen and oxygen atoms in total. The average Bonchev–Trinajstić information content (AvgIpc) is 2.05. The fourth-order valence-electron chi connectivity index (χ4n) is 1.07. The number of hydrogen-bond acceptors (Lipinski definition) is 2. The van der Waals surface area contributed by atoms with Crippen molar-refractivity contribution in [2.45, 2.75) is 37.1 Å². The van der Waals surface area contributed by atoms with Gasteiger partial charge in [0.15, 0.2) is 0 Å². The zero-order valence-corrected chi connectivity index (χ0v) is 7.93. The van der Waals surface area contributed by atoms with Gasteiger partial charge in [-0.25, -0.2) is 0 Å². The number of unbranched alkanes of at least 4 members (excludes halogenated alkanes) is 2. The summed E-state index contributed by atoms with van der Waals surface area (Å²) in [5, 5.41) is 1.28. The van der Waals surface area contributed by atoms with Gasteiger partial charge in [-0.3, -0.25) is 0 Å². The summed E-state index contributed by atoms with van der Waals surface area (Å²) in [6, 6.07) is 0. The van der Waals surface area contributed by atoms with E-state index in [0.29, 0.717) is 0 Å². The molecule has 3 heteroatoms. The molecule has 11 heavy (non-hydrogen) atoms. The molecule has 0 rings (SSSR count). The molecule has 0 aromatic rings. The molecule has 62 valence electrons. The molecule has 0 aromatic carbocycles. The number of ether oxygens (including phenoxy) is 2. The van der Waals surface area contributed by atoms with E-state index < -0.39 is 0 Å². The Labute approximate surface area is 78.8 Å². The fraction of sp³-hybridized carbons (Fsp3) is 1.00. The van der Waals surface area contributed by atoms with E-state index >= 15 is 0 Å². The van der Waals surface area contributed by atoms with E-state index in [4.69, 9.17) is 9.47 Å². The molecule has 0 aromatic heterocycles. The molecular formula is C8H17LiO2. The summed E-state index contributed by atoms with van der Waals surface area (Å²) in [6.07, 6.45) is 4.85. The maximum atomic E-state index is 5.06. The van der Waals surface area contributed by atoms with Crippen LogP contribution in [0, 0.1) is 0 Å². The summed E-state index contributed by atoms with van der Waals surface area (Å²) in [6.45, 7) is 0. The SMILES string of the molecule is [Li][CH2]CCCCC(OC)OC. The normalized spacial score (nSPS) is 11.0. The maximum absolute atomic E-state index is 5.06. The first-order valence-electron chi connectivity index (χ1n) is 4.40. The summed E-state index contributed by atoms with van der Waals surface area (Å²) in [5.41, 5.74) is 0. The van der Waals surface area contributed by atoms with Crippen LogP contribution in [0.1, 0.15) is 25.7 Å². The van der Waals surface area contributed by atoms with Gasteiger partial charge in [0, 0.05) is 0 Å². The zero-order chi connectivity index (χ0) is 8.53. The summed E-state index contributed by atoms with van der Waals surface area (Å²) >= 11 is 2.21. The molecule has 0 bridgehead atoms. The molecule has 0 aliphatic heterocycles. The predicted octanol–water partition coefficient (Wildman–Crippen LogP) is 1.75. The molecule has 0 amide bonds. The van der Waals surface area contributed by atoms with Gasteiger partial charge in [0.2, 0.25) is 0 Å². The van der Waals surface area contributed by atoms with E-state index in [1.807, 2.05) is 0 Å². The van der Waals surface area contributed by atoms with Crippen molar-refractivity contribution in [2.75, 3.05) is 14.2 Å². The van der Waals surface area contributed by atoms with Crippen LogP contribution in [-0.2, 0) is 9.47 Å². The van der Waals surface area contributed by atoms with Gasteiger partial charge in [0.1, 0.15) is 0 Å². The number of rotatable bonds is 7. The molecule has 0 aliphatic carbocycles. The first kappa shape index (κ1) is 11.5. The molecule has 0 spiro atoms. The first-order valence-corrected chi connectivity index (χ1v) is 4.40. The summed E-state index contributed by atoms with van der Waals surface area (Å²) in [7, 11) is 3.38. The molecule has 0 fully saturated rings. The topological polar surface area (TPSA) is 18.5 Å². The minimum atomic E-state index is 0.00635. The van der Waals surface area contributed by atoms with Crippen LogP contribution in [0.5, 0.6) is 0 Å². The van der Waals surface area contributed by atoms with E-state index in [-0.39, 0.29) is 6.29 Å². The summed E-state index contributed by atoms with van der Waals surface area (Å²) in [4.78, 5) is 0.